The van der Waals surface area contributed by atoms with E-state index in [0.717, 1.165) is 5.57 Å². The highest BCUT2D eigenvalue weighted by Crippen LogP contribution is 2.50. The van der Waals surface area contributed by atoms with Crippen molar-refractivity contribution in [2.75, 3.05) is 6.61 Å². The second-order valence-corrected chi connectivity index (χ2v) is 4.81. The van der Waals surface area contributed by atoms with Crippen molar-refractivity contribution in [3.63, 3.8) is 0 Å². The molecule has 2 aliphatic rings. The van der Waals surface area contributed by atoms with Crippen molar-refractivity contribution in [2.45, 2.75) is 25.0 Å². The number of fused-ring (bicyclic) bond motifs is 3. The van der Waals surface area contributed by atoms with Crippen LogP contribution in [-0.4, -0.2) is 29.1 Å². The fourth-order valence-electron chi connectivity index (χ4n) is 2.62. The molecule has 0 aliphatic carbocycles. The van der Waals surface area contributed by atoms with Crippen LogP contribution in [0.4, 0.5) is 0 Å². The molecule has 2 unspecified atom stereocenters. The lowest BCUT2D eigenvalue weighted by Gasteiger charge is -2.11. The Labute approximate surface area is 110 Å². The normalized spacial score (nSPS) is 23.9. The summed E-state index contributed by atoms with van der Waals surface area (Å²) in [6.07, 6.45) is -0.138. The van der Waals surface area contributed by atoms with E-state index < -0.39 is 12.3 Å². The van der Waals surface area contributed by atoms with Crippen LogP contribution < -0.4 is 4.74 Å². The van der Waals surface area contributed by atoms with Crippen LogP contribution in [0, 0.1) is 0 Å². The lowest BCUT2D eigenvalue weighted by atomic mass is 9.91. The van der Waals surface area contributed by atoms with E-state index in [0.29, 0.717) is 29.9 Å². The van der Waals surface area contributed by atoms with Gasteiger partial charge in [-0.15, -0.1) is 0 Å². The first kappa shape index (κ1) is 12.0. The number of phenols is 1. The van der Waals surface area contributed by atoms with Gasteiger partial charge in [0.25, 0.3) is 0 Å². The second kappa shape index (κ2) is 4.28. The molecule has 0 spiro atoms. The number of rotatable bonds is 3. The van der Waals surface area contributed by atoms with E-state index in [2.05, 4.69) is 6.58 Å². The van der Waals surface area contributed by atoms with E-state index in [9.17, 15) is 9.90 Å². The molecule has 2 N–H and O–H groups in total. The number of carboxylic acid groups (broad SMARTS) is 1. The third kappa shape index (κ3) is 1.86. The van der Waals surface area contributed by atoms with Crippen LogP contribution in [0.5, 0.6) is 11.5 Å². The molecule has 0 aromatic heterocycles. The number of hydrogen-bond acceptors (Lipinski definition) is 4. The van der Waals surface area contributed by atoms with Crippen molar-refractivity contribution < 1.29 is 24.5 Å². The third-order valence-corrected chi connectivity index (χ3v) is 3.57. The molecule has 2 atom stereocenters. The van der Waals surface area contributed by atoms with Crippen molar-refractivity contribution in [2.24, 2.45) is 0 Å². The maximum Gasteiger partial charge on any atom is 0.303 e. The molecule has 0 radical (unpaired) electrons. The molecule has 19 heavy (non-hydrogen) atoms. The van der Waals surface area contributed by atoms with Gasteiger partial charge in [-0.1, -0.05) is 12.6 Å². The average molecular weight is 262 g/mol. The monoisotopic (exact) mass is 262 g/mol. The number of carboxylic acids is 1. The average Bonchev–Trinajstić information content (AvgIpc) is 2.89. The Kier molecular flexibility index (Phi) is 2.71. The smallest absolute Gasteiger partial charge is 0.303 e. The molecule has 5 nitrogen and oxygen atoms in total. The van der Waals surface area contributed by atoms with Crippen LogP contribution in [0.2, 0.25) is 0 Å². The largest absolute Gasteiger partial charge is 0.507 e. The standard InChI is InChI=1S/C14H14O5/c1-7-6-18-14-11(7)12-9(19-14)4-2-8(13(12)17)3-5-10(15)16/h2,4,11,14,17H,1,3,5-6H2,(H,15,16). The Morgan fingerprint density at radius 3 is 3.00 bits per heavy atom. The van der Waals surface area contributed by atoms with Gasteiger partial charge in [0.2, 0.25) is 6.29 Å². The van der Waals surface area contributed by atoms with Gasteiger partial charge in [0.05, 0.1) is 12.5 Å². The van der Waals surface area contributed by atoms with Gasteiger partial charge in [0.15, 0.2) is 0 Å². The molecule has 0 bridgehead atoms. The van der Waals surface area contributed by atoms with Crippen molar-refractivity contribution >= 4 is 5.97 Å². The van der Waals surface area contributed by atoms with Gasteiger partial charge in [0.1, 0.15) is 11.5 Å². The molecular weight excluding hydrogens is 248 g/mol. The minimum atomic E-state index is -0.886. The second-order valence-electron chi connectivity index (χ2n) is 4.81. The molecule has 1 aromatic rings. The van der Waals surface area contributed by atoms with E-state index in [-0.39, 0.29) is 18.1 Å². The van der Waals surface area contributed by atoms with Crippen LogP contribution in [0.15, 0.2) is 24.3 Å². The Bertz CT molecular complexity index is 563. The predicted octanol–water partition coefficient (Wildman–Crippen LogP) is 1.80. The van der Waals surface area contributed by atoms with E-state index in [1.807, 2.05) is 0 Å². The van der Waals surface area contributed by atoms with Crippen LogP contribution >= 0.6 is 0 Å². The van der Waals surface area contributed by atoms with Crippen molar-refractivity contribution in [3.05, 3.63) is 35.4 Å². The minimum Gasteiger partial charge on any atom is -0.507 e. The first-order chi connectivity index (χ1) is 9.08. The van der Waals surface area contributed by atoms with Crippen molar-refractivity contribution in [3.8, 4) is 11.5 Å². The SMILES string of the molecule is C=C1COC2Oc3ccc(CCC(=O)O)c(O)c3C12. The van der Waals surface area contributed by atoms with Gasteiger partial charge in [-0.05, 0) is 23.6 Å². The quantitative estimate of drug-likeness (QED) is 0.812. The number of hydrogen-bond donors (Lipinski definition) is 2. The number of aryl methyl sites for hydroxylation is 1. The Morgan fingerprint density at radius 1 is 1.47 bits per heavy atom. The summed E-state index contributed by atoms with van der Waals surface area (Å²) in [6.45, 7) is 4.35. The van der Waals surface area contributed by atoms with E-state index in [1.54, 1.807) is 12.1 Å². The zero-order valence-electron chi connectivity index (χ0n) is 10.3. The fraction of sp³-hybridized carbons (Fsp3) is 0.357. The number of benzene rings is 1. The summed E-state index contributed by atoms with van der Waals surface area (Å²) < 4.78 is 11.0. The lowest BCUT2D eigenvalue weighted by Crippen LogP contribution is -2.14. The maximum atomic E-state index is 10.6. The summed E-state index contributed by atoms with van der Waals surface area (Å²) in [5.41, 5.74) is 2.16. The lowest BCUT2D eigenvalue weighted by molar-refractivity contribution is -0.136. The number of aromatic hydroxyl groups is 1. The van der Waals surface area contributed by atoms with Crippen molar-refractivity contribution in [1.82, 2.24) is 0 Å². The highest BCUT2D eigenvalue weighted by Gasteiger charge is 2.44. The van der Waals surface area contributed by atoms with E-state index in [4.69, 9.17) is 14.6 Å². The highest BCUT2D eigenvalue weighted by molar-refractivity contribution is 5.67. The van der Waals surface area contributed by atoms with Crippen LogP contribution in [0.1, 0.15) is 23.5 Å². The minimum absolute atomic E-state index is 0.0151. The van der Waals surface area contributed by atoms with Crippen molar-refractivity contribution in [1.29, 1.82) is 0 Å². The first-order valence-electron chi connectivity index (χ1n) is 6.10. The zero-order chi connectivity index (χ0) is 13.6. The predicted molar refractivity (Wildman–Crippen MR) is 66.3 cm³/mol. The van der Waals surface area contributed by atoms with Gasteiger partial charge in [0, 0.05) is 12.0 Å². The van der Waals surface area contributed by atoms with Crippen LogP contribution in [-0.2, 0) is 16.0 Å². The third-order valence-electron chi connectivity index (χ3n) is 3.57. The van der Waals surface area contributed by atoms with Crippen LogP contribution in [0.3, 0.4) is 0 Å². The molecule has 1 saturated heterocycles. The zero-order valence-corrected chi connectivity index (χ0v) is 10.3. The van der Waals surface area contributed by atoms with Gasteiger partial charge in [-0.25, -0.2) is 0 Å². The Hall–Kier alpha value is -2.01. The summed E-state index contributed by atoms with van der Waals surface area (Å²) in [7, 11) is 0. The van der Waals surface area contributed by atoms with Gasteiger partial charge in [-0.3, -0.25) is 4.79 Å². The number of phenolic OH excluding ortho intramolecular Hbond substituents is 1. The van der Waals surface area contributed by atoms with E-state index in [1.165, 1.54) is 0 Å². The maximum absolute atomic E-state index is 10.6. The summed E-state index contributed by atoms with van der Waals surface area (Å²) in [4.78, 5) is 10.6. The first-order valence-corrected chi connectivity index (χ1v) is 6.10. The summed E-state index contributed by atoms with van der Waals surface area (Å²) >= 11 is 0. The number of ether oxygens (including phenoxy) is 2. The molecule has 0 amide bonds. The molecule has 1 aromatic carbocycles. The van der Waals surface area contributed by atoms with Gasteiger partial charge in [-0.2, -0.15) is 0 Å². The topological polar surface area (TPSA) is 76.0 Å². The molecule has 1 fully saturated rings. The summed E-state index contributed by atoms with van der Waals surface area (Å²) in [5, 5.41) is 19.0. The summed E-state index contributed by atoms with van der Waals surface area (Å²) in [6, 6.07) is 3.45. The molecule has 0 saturated carbocycles. The van der Waals surface area contributed by atoms with Gasteiger partial charge < -0.3 is 19.7 Å². The Morgan fingerprint density at radius 2 is 2.26 bits per heavy atom. The fourth-order valence-corrected chi connectivity index (χ4v) is 2.62. The number of carbonyl (C=O) groups is 1. The molecule has 100 valence electrons. The number of aliphatic carboxylic acids is 1. The van der Waals surface area contributed by atoms with Gasteiger partial charge >= 0.3 is 5.97 Å². The molecule has 5 heteroatoms. The molecular formula is C14H14O5. The van der Waals surface area contributed by atoms with E-state index >= 15 is 0 Å². The molecule has 2 aliphatic heterocycles. The molecule has 3 rings (SSSR count). The summed E-state index contributed by atoms with van der Waals surface area (Å²) in [5.74, 6) is -0.340. The highest BCUT2D eigenvalue weighted by atomic mass is 16.7. The molecule has 2 heterocycles. The Balaban J connectivity index is 1.96. The van der Waals surface area contributed by atoms with Crippen LogP contribution in [0.25, 0.3) is 0 Å².